The maximum atomic E-state index is 12.0. The quantitative estimate of drug-likeness (QED) is 0.905. The number of nitrogens with zero attached hydrogens (tertiary/aromatic N) is 1. The summed E-state index contributed by atoms with van der Waals surface area (Å²) in [4.78, 5) is 16.1. The lowest BCUT2D eigenvalue weighted by Crippen LogP contribution is -2.14. The molecule has 5 heteroatoms. The first-order valence-corrected chi connectivity index (χ1v) is 6.01. The van der Waals surface area contributed by atoms with E-state index in [9.17, 15) is 4.79 Å². The van der Waals surface area contributed by atoms with Crippen molar-refractivity contribution in [2.24, 2.45) is 0 Å². The standard InChI is InChI=1S/C13H10Cl2N2O/c1-8-5-10(15)7-12(16-8)13(18)17-11-4-2-3-9(14)6-11/h2-7H,1H3,(H,17,18). The van der Waals surface area contributed by atoms with E-state index in [-0.39, 0.29) is 11.6 Å². The number of carbonyl (C=O) groups excluding carboxylic acids is 1. The van der Waals surface area contributed by atoms with Crippen LogP contribution >= 0.6 is 23.2 Å². The Labute approximate surface area is 115 Å². The van der Waals surface area contributed by atoms with E-state index in [1.165, 1.54) is 6.07 Å². The van der Waals surface area contributed by atoms with E-state index in [1.807, 2.05) is 0 Å². The fourth-order valence-electron chi connectivity index (χ4n) is 1.50. The molecule has 1 heterocycles. The average molecular weight is 281 g/mol. The molecule has 1 amide bonds. The molecule has 0 aliphatic heterocycles. The van der Waals surface area contributed by atoms with E-state index >= 15 is 0 Å². The molecule has 0 saturated heterocycles. The number of rotatable bonds is 2. The number of aryl methyl sites for hydroxylation is 1. The van der Waals surface area contributed by atoms with E-state index in [0.717, 1.165) is 0 Å². The zero-order chi connectivity index (χ0) is 13.1. The van der Waals surface area contributed by atoms with Gasteiger partial charge in [0.15, 0.2) is 0 Å². The SMILES string of the molecule is Cc1cc(Cl)cc(C(=O)Nc2cccc(Cl)c2)n1. The van der Waals surface area contributed by atoms with Gasteiger partial charge >= 0.3 is 0 Å². The van der Waals surface area contributed by atoms with Crippen LogP contribution in [0.3, 0.4) is 0 Å². The molecule has 92 valence electrons. The summed E-state index contributed by atoms with van der Waals surface area (Å²) in [6, 6.07) is 10.1. The molecule has 0 spiro atoms. The number of hydrogen-bond acceptors (Lipinski definition) is 2. The van der Waals surface area contributed by atoms with E-state index in [0.29, 0.717) is 21.4 Å². The van der Waals surface area contributed by atoms with Crippen LogP contribution in [0.25, 0.3) is 0 Å². The first-order valence-electron chi connectivity index (χ1n) is 5.26. The van der Waals surface area contributed by atoms with Gasteiger partial charge in [0.05, 0.1) is 0 Å². The van der Waals surface area contributed by atoms with Crippen molar-refractivity contribution in [3.8, 4) is 0 Å². The van der Waals surface area contributed by atoms with Crippen molar-refractivity contribution in [3.05, 3.63) is 57.8 Å². The lowest BCUT2D eigenvalue weighted by molar-refractivity contribution is 0.102. The van der Waals surface area contributed by atoms with Gasteiger partial charge in [-0.1, -0.05) is 29.3 Å². The Balaban J connectivity index is 2.22. The minimum Gasteiger partial charge on any atom is -0.321 e. The number of pyridine rings is 1. The molecular weight excluding hydrogens is 271 g/mol. The van der Waals surface area contributed by atoms with Crippen molar-refractivity contribution in [2.75, 3.05) is 5.32 Å². The molecule has 0 fully saturated rings. The van der Waals surface area contributed by atoms with Crippen LogP contribution in [0, 0.1) is 6.92 Å². The fourth-order valence-corrected chi connectivity index (χ4v) is 1.96. The van der Waals surface area contributed by atoms with Crippen LogP contribution in [0.4, 0.5) is 5.69 Å². The van der Waals surface area contributed by atoms with E-state index in [1.54, 1.807) is 37.3 Å². The van der Waals surface area contributed by atoms with Gasteiger partial charge in [-0.15, -0.1) is 0 Å². The summed E-state index contributed by atoms with van der Waals surface area (Å²) in [5.74, 6) is -0.317. The molecule has 1 aromatic carbocycles. The lowest BCUT2D eigenvalue weighted by atomic mass is 10.2. The Morgan fingerprint density at radius 3 is 2.61 bits per heavy atom. The topological polar surface area (TPSA) is 42.0 Å². The predicted octanol–water partition coefficient (Wildman–Crippen LogP) is 3.95. The molecule has 0 aliphatic rings. The largest absolute Gasteiger partial charge is 0.321 e. The summed E-state index contributed by atoms with van der Waals surface area (Å²) >= 11 is 11.7. The summed E-state index contributed by atoms with van der Waals surface area (Å²) in [6.07, 6.45) is 0. The van der Waals surface area contributed by atoms with Gasteiger partial charge in [-0.2, -0.15) is 0 Å². The van der Waals surface area contributed by atoms with Crippen LogP contribution < -0.4 is 5.32 Å². The maximum absolute atomic E-state index is 12.0. The Morgan fingerprint density at radius 2 is 1.94 bits per heavy atom. The van der Waals surface area contributed by atoms with Gasteiger partial charge < -0.3 is 5.32 Å². The number of carbonyl (C=O) groups is 1. The van der Waals surface area contributed by atoms with Crippen LogP contribution in [0.5, 0.6) is 0 Å². The highest BCUT2D eigenvalue weighted by Crippen LogP contribution is 2.17. The minimum atomic E-state index is -0.317. The van der Waals surface area contributed by atoms with Crippen LogP contribution in [0.1, 0.15) is 16.2 Å². The smallest absolute Gasteiger partial charge is 0.274 e. The molecule has 0 unspecified atom stereocenters. The van der Waals surface area contributed by atoms with Gasteiger partial charge in [0, 0.05) is 21.4 Å². The molecule has 0 bridgehead atoms. The molecule has 3 nitrogen and oxygen atoms in total. The number of aromatic nitrogens is 1. The fraction of sp³-hybridized carbons (Fsp3) is 0.0769. The number of hydrogen-bond donors (Lipinski definition) is 1. The molecule has 0 saturated carbocycles. The number of halogens is 2. The molecule has 1 N–H and O–H groups in total. The second-order valence-corrected chi connectivity index (χ2v) is 4.65. The van der Waals surface area contributed by atoms with Crippen LogP contribution in [-0.4, -0.2) is 10.9 Å². The molecule has 0 aliphatic carbocycles. The van der Waals surface area contributed by atoms with Crippen molar-refractivity contribution >= 4 is 34.8 Å². The summed E-state index contributed by atoms with van der Waals surface area (Å²) in [5, 5.41) is 3.75. The van der Waals surface area contributed by atoms with Gasteiger partial charge in [0.2, 0.25) is 0 Å². The average Bonchev–Trinajstić information content (AvgIpc) is 2.27. The highest BCUT2D eigenvalue weighted by atomic mass is 35.5. The predicted molar refractivity (Wildman–Crippen MR) is 73.4 cm³/mol. The second-order valence-electron chi connectivity index (χ2n) is 3.78. The monoisotopic (exact) mass is 280 g/mol. The van der Waals surface area contributed by atoms with Crippen LogP contribution in [0.2, 0.25) is 10.0 Å². The molecule has 2 aromatic rings. The van der Waals surface area contributed by atoms with E-state index in [4.69, 9.17) is 23.2 Å². The van der Waals surface area contributed by atoms with Gasteiger partial charge in [-0.25, -0.2) is 4.98 Å². The van der Waals surface area contributed by atoms with E-state index < -0.39 is 0 Å². The molecular formula is C13H10Cl2N2O. The number of anilines is 1. The Morgan fingerprint density at radius 1 is 1.17 bits per heavy atom. The third kappa shape index (κ3) is 3.22. The Kier molecular flexibility index (Phi) is 3.84. The zero-order valence-corrected chi connectivity index (χ0v) is 11.1. The third-order valence-corrected chi connectivity index (χ3v) is 2.69. The normalized spacial score (nSPS) is 10.2. The van der Waals surface area contributed by atoms with Crippen molar-refractivity contribution in [2.45, 2.75) is 6.92 Å². The summed E-state index contributed by atoms with van der Waals surface area (Å²) in [5.41, 5.74) is 1.59. The molecule has 0 radical (unpaired) electrons. The van der Waals surface area contributed by atoms with E-state index in [2.05, 4.69) is 10.3 Å². The summed E-state index contributed by atoms with van der Waals surface area (Å²) in [7, 11) is 0. The van der Waals surface area contributed by atoms with Crippen molar-refractivity contribution in [1.82, 2.24) is 4.98 Å². The number of amides is 1. The maximum Gasteiger partial charge on any atom is 0.274 e. The highest BCUT2D eigenvalue weighted by molar-refractivity contribution is 6.31. The van der Waals surface area contributed by atoms with Gasteiger partial charge in [0.1, 0.15) is 5.69 Å². The van der Waals surface area contributed by atoms with Crippen molar-refractivity contribution in [1.29, 1.82) is 0 Å². The summed E-state index contributed by atoms with van der Waals surface area (Å²) in [6.45, 7) is 1.78. The molecule has 0 atom stereocenters. The molecule has 18 heavy (non-hydrogen) atoms. The molecule has 1 aromatic heterocycles. The van der Waals surface area contributed by atoms with Crippen molar-refractivity contribution < 1.29 is 4.79 Å². The number of nitrogens with one attached hydrogen (secondary N) is 1. The first-order chi connectivity index (χ1) is 8.54. The van der Waals surface area contributed by atoms with Crippen molar-refractivity contribution in [3.63, 3.8) is 0 Å². The lowest BCUT2D eigenvalue weighted by Gasteiger charge is -2.06. The molecule has 2 rings (SSSR count). The first kappa shape index (κ1) is 12.9. The van der Waals surface area contributed by atoms with Crippen LogP contribution in [0.15, 0.2) is 36.4 Å². The van der Waals surface area contributed by atoms with Gasteiger partial charge in [0.25, 0.3) is 5.91 Å². The second kappa shape index (κ2) is 5.38. The Hall–Kier alpha value is -1.58. The van der Waals surface area contributed by atoms with Gasteiger partial charge in [-0.05, 0) is 37.3 Å². The summed E-state index contributed by atoms with van der Waals surface area (Å²) < 4.78 is 0. The Bertz CT molecular complexity index is 579. The highest BCUT2D eigenvalue weighted by Gasteiger charge is 2.09. The number of benzene rings is 1. The van der Waals surface area contributed by atoms with Crippen LogP contribution in [-0.2, 0) is 0 Å². The van der Waals surface area contributed by atoms with Gasteiger partial charge in [-0.3, -0.25) is 4.79 Å². The zero-order valence-electron chi connectivity index (χ0n) is 9.58. The third-order valence-electron chi connectivity index (χ3n) is 2.23. The minimum absolute atomic E-state index is 0.278.